The number of benzene rings is 1. The summed E-state index contributed by atoms with van der Waals surface area (Å²) in [5, 5.41) is 12.4. The maximum absolute atomic E-state index is 12.5. The van der Waals surface area contributed by atoms with Gasteiger partial charge in [0.25, 0.3) is 0 Å². The number of anilines is 1. The predicted molar refractivity (Wildman–Crippen MR) is 96.4 cm³/mol. The van der Waals surface area contributed by atoms with Crippen molar-refractivity contribution in [3.8, 4) is 11.5 Å². The first-order valence-corrected chi connectivity index (χ1v) is 9.14. The average Bonchev–Trinajstić information content (AvgIpc) is 3.06. The summed E-state index contributed by atoms with van der Waals surface area (Å²) < 4.78 is 11.1. The number of carbonyl (C=O) groups excluding carboxylic acids is 2. The van der Waals surface area contributed by atoms with Crippen LogP contribution in [-0.2, 0) is 9.59 Å². The summed E-state index contributed by atoms with van der Waals surface area (Å²) in [6.45, 7) is 5.22. The zero-order chi connectivity index (χ0) is 18.7. The zero-order valence-corrected chi connectivity index (χ0v) is 15.2. The topological polar surface area (TPSA) is 88.1 Å². The Morgan fingerprint density at radius 2 is 2.08 bits per heavy atom. The molecule has 1 saturated heterocycles. The van der Waals surface area contributed by atoms with Gasteiger partial charge in [-0.1, -0.05) is 20.3 Å². The van der Waals surface area contributed by atoms with Gasteiger partial charge < -0.3 is 24.8 Å². The molecule has 2 aliphatic heterocycles. The SMILES string of the molecule is CCC(C)C(CO)NC(=O)C1CC(=O)N(c2ccc3c(c2)OCCO3)C1. The van der Waals surface area contributed by atoms with Crippen LogP contribution in [0.15, 0.2) is 18.2 Å². The summed E-state index contributed by atoms with van der Waals surface area (Å²) in [6.07, 6.45) is 1.03. The molecule has 0 spiro atoms. The van der Waals surface area contributed by atoms with Crippen LogP contribution >= 0.6 is 0 Å². The Kier molecular flexibility index (Phi) is 5.66. The van der Waals surface area contributed by atoms with Crippen molar-refractivity contribution in [1.82, 2.24) is 5.32 Å². The van der Waals surface area contributed by atoms with Gasteiger partial charge in [0.05, 0.1) is 18.6 Å². The molecule has 3 unspecified atom stereocenters. The average molecular weight is 362 g/mol. The maximum atomic E-state index is 12.5. The summed E-state index contributed by atoms with van der Waals surface area (Å²) in [4.78, 5) is 26.6. The number of amides is 2. The van der Waals surface area contributed by atoms with Gasteiger partial charge in [-0.05, 0) is 18.1 Å². The lowest BCUT2D eigenvalue weighted by Crippen LogP contribution is -2.45. The van der Waals surface area contributed by atoms with Crippen molar-refractivity contribution in [3.63, 3.8) is 0 Å². The van der Waals surface area contributed by atoms with Crippen molar-refractivity contribution in [2.45, 2.75) is 32.7 Å². The van der Waals surface area contributed by atoms with Gasteiger partial charge in [0.2, 0.25) is 11.8 Å². The fourth-order valence-corrected chi connectivity index (χ4v) is 3.29. The minimum absolute atomic E-state index is 0.0917. The Balaban J connectivity index is 1.67. The molecule has 7 heteroatoms. The lowest BCUT2D eigenvalue weighted by molar-refractivity contribution is -0.127. The van der Waals surface area contributed by atoms with Crippen LogP contribution in [-0.4, -0.2) is 49.3 Å². The van der Waals surface area contributed by atoms with E-state index in [1.165, 1.54) is 0 Å². The first kappa shape index (κ1) is 18.5. The summed E-state index contributed by atoms with van der Waals surface area (Å²) >= 11 is 0. The molecule has 2 heterocycles. The van der Waals surface area contributed by atoms with E-state index in [4.69, 9.17) is 9.47 Å². The molecule has 2 aliphatic rings. The van der Waals surface area contributed by atoms with Crippen LogP contribution in [0.25, 0.3) is 0 Å². The van der Waals surface area contributed by atoms with Crippen molar-refractivity contribution >= 4 is 17.5 Å². The molecule has 2 N–H and O–H groups in total. The van der Waals surface area contributed by atoms with E-state index in [2.05, 4.69) is 5.32 Å². The smallest absolute Gasteiger partial charge is 0.227 e. The molecule has 0 radical (unpaired) electrons. The zero-order valence-electron chi connectivity index (χ0n) is 15.2. The third-order valence-corrected chi connectivity index (χ3v) is 5.19. The quantitative estimate of drug-likeness (QED) is 0.797. The summed E-state index contributed by atoms with van der Waals surface area (Å²) in [7, 11) is 0. The number of hydrogen-bond acceptors (Lipinski definition) is 5. The first-order chi connectivity index (χ1) is 12.5. The Hall–Kier alpha value is -2.28. The molecule has 3 atom stereocenters. The molecule has 0 bridgehead atoms. The highest BCUT2D eigenvalue weighted by Crippen LogP contribution is 2.36. The molecule has 7 nitrogen and oxygen atoms in total. The molecule has 142 valence electrons. The highest BCUT2D eigenvalue weighted by Gasteiger charge is 2.36. The normalized spacial score (nSPS) is 21.4. The van der Waals surface area contributed by atoms with Crippen molar-refractivity contribution in [1.29, 1.82) is 0 Å². The molecular formula is C19H26N2O5. The Bertz CT molecular complexity index is 678. The number of hydrogen-bond donors (Lipinski definition) is 2. The summed E-state index contributed by atoms with van der Waals surface area (Å²) in [5.41, 5.74) is 0.704. The summed E-state index contributed by atoms with van der Waals surface area (Å²) in [6, 6.07) is 5.09. The second-order valence-corrected chi connectivity index (χ2v) is 6.92. The minimum atomic E-state index is -0.422. The largest absolute Gasteiger partial charge is 0.486 e. The lowest BCUT2D eigenvalue weighted by Gasteiger charge is -2.24. The van der Waals surface area contributed by atoms with Crippen molar-refractivity contribution in [2.75, 3.05) is 31.3 Å². The van der Waals surface area contributed by atoms with Crippen LogP contribution in [0.3, 0.4) is 0 Å². The van der Waals surface area contributed by atoms with Crippen LogP contribution in [0.1, 0.15) is 26.7 Å². The van der Waals surface area contributed by atoms with E-state index in [0.29, 0.717) is 36.9 Å². The molecule has 1 aromatic rings. The number of aliphatic hydroxyl groups is 1. The Labute approximate surface area is 153 Å². The van der Waals surface area contributed by atoms with Gasteiger partial charge in [0, 0.05) is 24.7 Å². The fraction of sp³-hybridized carbons (Fsp3) is 0.579. The van der Waals surface area contributed by atoms with E-state index in [1.807, 2.05) is 13.8 Å². The van der Waals surface area contributed by atoms with Crippen LogP contribution in [0.4, 0.5) is 5.69 Å². The van der Waals surface area contributed by atoms with Gasteiger partial charge in [-0.2, -0.15) is 0 Å². The summed E-state index contributed by atoms with van der Waals surface area (Å²) in [5.74, 6) is 0.763. The predicted octanol–water partition coefficient (Wildman–Crippen LogP) is 1.33. The number of aliphatic hydroxyl groups excluding tert-OH is 1. The number of rotatable bonds is 6. The fourth-order valence-electron chi connectivity index (χ4n) is 3.29. The van der Waals surface area contributed by atoms with Gasteiger partial charge in [-0.15, -0.1) is 0 Å². The van der Waals surface area contributed by atoms with Crippen LogP contribution in [0.5, 0.6) is 11.5 Å². The molecule has 26 heavy (non-hydrogen) atoms. The third kappa shape index (κ3) is 3.77. The lowest BCUT2D eigenvalue weighted by atomic mass is 9.98. The van der Waals surface area contributed by atoms with Crippen LogP contribution in [0, 0.1) is 11.8 Å². The minimum Gasteiger partial charge on any atom is -0.486 e. The van der Waals surface area contributed by atoms with E-state index in [9.17, 15) is 14.7 Å². The molecule has 3 rings (SSSR count). The highest BCUT2D eigenvalue weighted by atomic mass is 16.6. The second-order valence-electron chi connectivity index (χ2n) is 6.92. The van der Waals surface area contributed by atoms with E-state index in [0.717, 1.165) is 6.42 Å². The van der Waals surface area contributed by atoms with Crippen LogP contribution in [0.2, 0.25) is 0 Å². The van der Waals surface area contributed by atoms with Gasteiger partial charge in [-0.3, -0.25) is 9.59 Å². The van der Waals surface area contributed by atoms with Crippen LogP contribution < -0.4 is 19.7 Å². The molecule has 0 saturated carbocycles. The highest BCUT2D eigenvalue weighted by molar-refractivity contribution is 6.00. The van der Waals surface area contributed by atoms with Crippen molar-refractivity contribution in [3.05, 3.63) is 18.2 Å². The maximum Gasteiger partial charge on any atom is 0.227 e. The number of nitrogens with one attached hydrogen (secondary N) is 1. The monoisotopic (exact) mass is 362 g/mol. The molecule has 2 amide bonds. The Morgan fingerprint density at radius 3 is 2.77 bits per heavy atom. The van der Waals surface area contributed by atoms with E-state index >= 15 is 0 Å². The van der Waals surface area contributed by atoms with E-state index < -0.39 is 5.92 Å². The van der Waals surface area contributed by atoms with Gasteiger partial charge in [0.1, 0.15) is 13.2 Å². The molecular weight excluding hydrogens is 336 g/mol. The first-order valence-electron chi connectivity index (χ1n) is 9.14. The number of fused-ring (bicyclic) bond motifs is 1. The standard InChI is InChI=1S/C19H26N2O5/c1-3-12(2)15(11-22)20-19(24)13-8-18(23)21(10-13)14-4-5-16-17(9-14)26-7-6-25-16/h4-5,9,12-13,15,22H,3,6-8,10-11H2,1-2H3,(H,20,24). The molecule has 1 fully saturated rings. The molecule has 0 aliphatic carbocycles. The number of nitrogens with zero attached hydrogens (tertiary/aromatic N) is 1. The second kappa shape index (κ2) is 7.95. The van der Waals surface area contributed by atoms with Crippen molar-refractivity contribution in [2.24, 2.45) is 11.8 Å². The third-order valence-electron chi connectivity index (χ3n) is 5.19. The number of ether oxygens (including phenoxy) is 2. The molecule has 1 aromatic carbocycles. The number of carbonyl (C=O) groups is 2. The van der Waals surface area contributed by atoms with E-state index in [-0.39, 0.29) is 36.8 Å². The van der Waals surface area contributed by atoms with Gasteiger partial charge in [-0.25, -0.2) is 0 Å². The van der Waals surface area contributed by atoms with Gasteiger partial charge in [0.15, 0.2) is 11.5 Å². The van der Waals surface area contributed by atoms with Crippen molar-refractivity contribution < 1.29 is 24.2 Å². The van der Waals surface area contributed by atoms with Gasteiger partial charge >= 0.3 is 0 Å². The molecule has 0 aromatic heterocycles. The Morgan fingerprint density at radius 1 is 1.35 bits per heavy atom. The van der Waals surface area contributed by atoms with E-state index in [1.54, 1.807) is 23.1 Å².